The third-order valence-electron chi connectivity index (χ3n) is 5.24. The van der Waals surface area contributed by atoms with Gasteiger partial charge in [-0.1, -0.05) is 6.42 Å². The van der Waals surface area contributed by atoms with Crippen molar-refractivity contribution in [3.05, 3.63) is 24.2 Å². The van der Waals surface area contributed by atoms with Crippen LogP contribution in [0.1, 0.15) is 56.6 Å². The lowest BCUT2D eigenvalue weighted by Gasteiger charge is -2.25. The zero-order valence-corrected chi connectivity index (χ0v) is 15.5. The Morgan fingerprint density at radius 3 is 2.68 bits per heavy atom. The molecule has 1 aromatic heterocycles. The Kier molecular flexibility index (Phi) is 6.17. The molecule has 0 saturated carbocycles. The van der Waals surface area contributed by atoms with E-state index in [4.69, 9.17) is 4.42 Å². The molecule has 2 saturated heterocycles. The Morgan fingerprint density at radius 2 is 1.96 bits per heavy atom. The topological polar surface area (TPSA) is 70.8 Å². The van der Waals surface area contributed by atoms with Crippen molar-refractivity contribution >= 4 is 15.9 Å². The summed E-state index contributed by atoms with van der Waals surface area (Å²) in [4.78, 5) is 14.2. The number of carbonyl (C=O) groups is 1. The third-order valence-corrected chi connectivity index (χ3v) is 7.19. The van der Waals surface area contributed by atoms with Gasteiger partial charge in [-0.3, -0.25) is 4.79 Å². The van der Waals surface area contributed by atoms with E-state index in [-0.39, 0.29) is 11.7 Å². The van der Waals surface area contributed by atoms with Gasteiger partial charge in [0.15, 0.2) is 0 Å². The number of carbonyl (C=O) groups excluding carboxylic acids is 1. The average Bonchev–Trinajstić information content (AvgIpc) is 3.30. The summed E-state index contributed by atoms with van der Waals surface area (Å²) in [6.07, 6.45) is 7.27. The Morgan fingerprint density at radius 1 is 1.16 bits per heavy atom. The molecule has 1 amide bonds. The minimum atomic E-state index is -3.14. The highest BCUT2D eigenvalue weighted by molar-refractivity contribution is 7.89. The fraction of sp³-hybridized carbons (Fsp3) is 0.722. The molecule has 0 spiro atoms. The van der Waals surface area contributed by atoms with E-state index < -0.39 is 10.0 Å². The summed E-state index contributed by atoms with van der Waals surface area (Å²) in [5.74, 6) is 1.53. The first kappa shape index (κ1) is 18.5. The molecule has 1 unspecified atom stereocenters. The van der Waals surface area contributed by atoms with Gasteiger partial charge in [0.1, 0.15) is 5.76 Å². The van der Waals surface area contributed by atoms with Gasteiger partial charge in [-0.2, -0.15) is 0 Å². The molecule has 6 nitrogen and oxygen atoms in total. The van der Waals surface area contributed by atoms with Crippen LogP contribution in [0.2, 0.25) is 0 Å². The Labute approximate surface area is 150 Å². The lowest BCUT2D eigenvalue weighted by Crippen LogP contribution is -2.37. The Balaban J connectivity index is 1.37. The normalized spacial score (nSPS) is 22.4. The van der Waals surface area contributed by atoms with Crippen LogP contribution in [0.15, 0.2) is 22.8 Å². The molecule has 3 heterocycles. The van der Waals surface area contributed by atoms with Crippen LogP contribution in [0.5, 0.6) is 0 Å². The van der Waals surface area contributed by atoms with Gasteiger partial charge in [0, 0.05) is 38.5 Å². The van der Waals surface area contributed by atoms with Crippen molar-refractivity contribution in [1.82, 2.24) is 9.21 Å². The van der Waals surface area contributed by atoms with Gasteiger partial charge in [-0.05, 0) is 44.2 Å². The van der Waals surface area contributed by atoms with Crippen LogP contribution in [0.4, 0.5) is 0 Å². The number of unbranched alkanes of at least 4 members (excludes halogenated alkanes) is 1. The molecule has 2 aliphatic heterocycles. The predicted molar refractivity (Wildman–Crippen MR) is 95.7 cm³/mol. The molecule has 2 aliphatic rings. The van der Waals surface area contributed by atoms with E-state index in [1.54, 1.807) is 10.6 Å². The number of nitrogens with zero attached hydrogens (tertiary/aromatic N) is 2. The number of hydrogen-bond acceptors (Lipinski definition) is 4. The number of rotatable bonds is 7. The third kappa shape index (κ3) is 4.85. The first-order valence-electron chi connectivity index (χ1n) is 9.35. The second-order valence-corrected chi connectivity index (χ2v) is 9.16. The molecule has 0 radical (unpaired) electrons. The van der Waals surface area contributed by atoms with Gasteiger partial charge >= 0.3 is 0 Å². The van der Waals surface area contributed by atoms with Crippen molar-refractivity contribution in [3.63, 3.8) is 0 Å². The highest BCUT2D eigenvalue weighted by Gasteiger charge is 2.29. The fourth-order valence-corrected chi connectivity index (χ4v) is 5.38. The first-order chi connectivity index (χ1) is 12.1. The molecule has 0 aliphatic carbocycles. The predicted octanol–water partition coefficient (Wildman–Crippen LogP) is 2.58. The molecule has 7 heteroatoms. The number of likely N-dealkylation sites (tertiary alicyclic amines) is 1. The summed E-state index contributed by atoms with van der Waals surface area (Å²) >= 11 is 0. The van der Waals surface area contributed by atoms with Crippen molar-refractivity contribution in [2.75, 3.05) is 31.9 Å². The van der Waals surface area contributed by atoms with Crippen LogP contribution in [-0.2, 0) is 14.8 Å². The minimum Gasteiger partial charge on any atom is -0.469 e. The zero-order chi connectivity index (χ0) is 17.7. The maximum absolute atomic E-state index is 12.3. The molecule has 1 aromatic rings. The van der Waals surface area contributed by atoms with Gasteiger partial charge in [0.05, 0.1) is 12.0 Å². The summed E-state index contributed by atoms with van der Waals surface area (Å²) in [5, 5.41) is 0. The zero-order valence-electron chi connectivity index (χ0n) is 14.7. The second kappa shape index (κ2) is 8.36. The summed E-state index contributed by atoms with van der Waals surface area (Å²) < 4.78 is 31.6. The van der Waals surface area contributed by atoms with Crippen LogP contribution in [0.3, 0.4) is 0 Å². The van der Waals surface area contributed by atoms with Crippen LogP contribution >= 0.6 is 0 Å². The van der Waals surface area contributed by atoms with E-state index in [1.807, 2.05) is 17.0 Å². The van der Waals surface area contributed by atoms with Crippen molar-refractivity contribution in [1.29, 1.82) is 0 Å². The fourth-order valence-electron chi connectivity index (χ4n) is 3.73. The number of sulfonamides is 1. The van der Waals surface area contributed by atoms with Crippen LogP contribution < -0.4 is 0 Å². The average molecular weight is 368 g/mol. The summed E-state index contributed by atoms with van der Waals surface area (Å²) in [7, 11) is -3.14. The number of furan rings is 1. The molecule has 0 N–H and O–H groups in total. The smallest absolute Gasteiger partial charge is 0.222 e. The SMILES string of the molecule is O=C(CCCCS(=O)(=O)N1CCCCC1)N1CCC(c2ccco2)C1. The summed E-state index contributed by atoms with van der Waals surface area (Å²) in [6.45, 7) is 2.78. The van der Waals surface area contributed by atoms with Crippen molar-refractivity contribution in [2.45, 2.75) is 50.9 Å². The van der Waals surface area contributed by atoms with E-state index in [2.05, 4.69) is 0 Å². The number of amides is 1. The monoisotopic (exact) mass is 368 g/mol. The van der Waals surface area contributed by atoms with Crippen molar-refractivity contribution in [3.8, 4) is 0 Å². The summed E-state index contributed by atoms with van der Waals surface area (Å²) in [6, 6.07) is 3.84. The molecule has 140 valence electrons. The van der Waals surface area contributed by atoms with Gasteiger partial charge in [0.2, 0.25) is 15.9 Å². The largest absolute Gasteiger partial charge is 0.469 e. The molecule has 1 atom stereocenters. The molecular formula is C18H28N2O4S. The molecule has 25 heavy (non-hydrogen) atoms. The Bertz CT molecular complexity index is 651. The minimum absolute atomic E-state index is 0.129. The standard InChI is InChI=1S/C18H28N2O4S/c21-18(19-12-9-16(15-19)17-7-6-13-24-17)8-2-5-14-25(22,23)20-10-3-1-4-11-20/h6-7,13,16H,1-5,8-12,14-15H2. The molecular weight excluding hydrogens is 340 g/mol. The molecule has 2 fully saturated rings. The first-order valence-corrected chi connectivity index (χ1v) is 11.0. The highest BCUT2D eigenvalue weighted by Crippen LogP contribution is 2.28. The maximum atomic E-state index is 12.3. The van der Waals surface area contributed by atoms with E-state index in [1.165, 1.54) is 0 Å². The van der Waals surface area contributed by atoms with Crippen LogP contribution in [0.25, 0.3) is 0 Å². The van der Waals surface area contributed by atoms with E-state index in [9.17, 15) is 13.2 Å². The highest BCUT2D eigenvalue weighted by atomic mass is 32.2. The van der Waals surface area contributed by atoms with Gasteiger partial charge in [-0.15, -0.1) is 0 Å². The van der Waals surface area contributed by atoms with Crippen LogP contribution in [-0.4, -0.2) is 55.5 Å². The Hall–Kier alpha value is -1.34. The van der Waals surface area contributed by atoms with Crippen molar-refractivity contribution in [2.24, 2.45) is 0 Å². The maximum Gasteiger partial charge on any atom is 0.222 e. The van der Waals surface area contributed by atoms with Gasteiger partial charge in [0.25, 0.3) is 0 Å². The number of piperidine rings is 1. The van der Waals surface area contributed by atoms with E-state index >= 15 is 0 Å². The molecule has 0 bridgehead atoms. The molecule has 0 aromatic carbocycles. The van der Waals surface area contributed by atoms with Crippen molar-refractivity contribution < 1.29 is 17.6 Å². The van der Waals surface area contributed by atoms with Gasteiger partial charge in [-0.25, -0.2) is 12.7 Å². The lowest BCUT2D eigenvalue weighted by atomic mass is 10.1. The lowest BCUT2D eigenvalue weighted by molar-refractivity contribution is -0.130. The number of hydrogen-bond donors (Lipinski definition) is 0. The quantitative estimate of drug-likeness (QED) is 0.694. The summed E-state index contributed by atoms with van der Waals surface area (Å²) in [5.41, 5.74) is 0. The second-order valence-electron chi connectivity index (χ2n) is 7.07. The van der Waals surface area contributed by atoms with E-state index in [0.29, 0.717) is 44.8 Å². The van der Waals surface area contributed by atoms with Crippen LogP contribution in [0, 0.1) is 0 Å². The molecule has 3 rings (SSSR count). The van der Waals surface area contributed by atoms with Gasteiger partial charge < -0.3 is 9.32 Å². The van der Waals surface area contributed by atoms with E-state index in [0.717, 1.165) is 38.0 Å².